The zero-order valence-corrected chi connectivity index (χ0v) is 13.1. The van der Waals surface area contributed by atoms with Crippen LogP contribution >= 0.6 is 0 Å². The van der Waals surface area contributed by atoms with Crippen LogP contribution in [0.2, 0.25) is 0 Å². The van der Waals surface area contributed by atoms with Crippen LogP contribution in [0.15, 0.2) is 48.8 Å². The molecule has 1 saturated heterocycles. The predicted octanol–water partition coefficient (Wildman–Crippen LogP) is 1.28. The highest BCUT2D eigenvalue weighted by molar-refractivity contribution is 5.41. The molecular formula is C17H18N6O. The first kappa shape index (κ1) is 14.8. The Kier molecular flexibility index (Phi) is 3.70. The highest BCUT2D eigenvalue weighted by Crippen LogP contribution is 2.32. The van der Waals surface area contributed by atoms with Gasteiger partial charge in [-0.15, -0.1) is 0 Å². The minimum Gasteiger partial charge on any atom is -0.381 e. The molecule has 1 aliphatic rings. The first-order chi connectivity index (χ1) is 11.7. The highest BCUT2D eigenvalue weighted by Gasteiger charge is 2.40. The Morgan fingerprint density at radius 2 is 2.08 bits per heavy atom. The van der Waals surface area contributed by atoms with Crippen molar-refractivity contribution in [2.24, 2.45) is 0 Å². The molecule has 0 radical (unpaired) electrons. The molecule has 24 heavy (non-hydrogen) atoms. The van der Waals surface area contributed by atoms with Crippen molar-refractivity contribution in [3.8, 4) is 0 Å². The highest BCUT2D eigenvalue weighted by atomic mass is 16.3. The number of H-pyrrole nitrogens is 1. The van der Waals surface area contributed by atoms with Crippen LogP contribution in [0.25, 0.3) is 0 Å². The number of aromatic nitrogens is 5. The van der Waals surface area contributed by atoms with Crippen molar-refractivity contribution in [2.45, 2.75) is 18.4 Å². The second kappa shape index (κ2) is 6.01. The number of nitrogens with zero attached hydrogens (tertiary/aromatic N) is 5. The lowest BCUT2D eigenvalue weighted by Crippen LogP contribution is -2.31. The molecule has 3 heterocycles. The molecule has 0 aliphatic carbocycles. The summed E-state index contributed by atoms with van der Waals surface area (Å²) in [4.78, 5) is 11.1. The van der Waals surface area contributed by atoms with Gasteiger partial charge in [-0.3, -0.25) is 0 Å². The molecule has 0 bridgehead atoms. The number of β-amino-alcohol motifs (C(OH)–C–C–N with tert-alkyl or cyclic N) is 1. The summed E-state index contributed by atoms with van der Waals surface area (Å²) in [5, 5.41) is 21.2. The summed E-state index contributed by atoms with van der Waals surface area (Å²) in [6, 6.07) is 12.0. The smallest absolute Gasteiger partial charge is 0.135 e. The molecular weight excluding hydrogens is 304 g/mol. The Morgan fingerprint density at radius 3 is 2.88 bits per heavy atom. The molecule has 1 aromatic carbocycles. The van der Waals surface area contributed by atoms with Crippen molar-refractivity contribution in [2.75, 3.05) is 18.0 Å². The van der Waals surface area contributed by atoms with E-state index in [4.69, 9.17) is 0 Å². The Balaban J connectivity index is 1.52. The second-order valence-electron chi connectivity index (χ2n) is 6.05. The third-order valence-electron chi connectivity index (χ3n) is 4.36. The Labute approximate surface area is 139 Å². The zero-order chi connectivity index (χ0) is 16.4. The lowest BCUT2D eigenvalue weighted by atomic mass is 10.0. The Hall–Kier alpha value is -2.80. The van der Waals surface area contributed by atoms with Gasteiger partial charge in [0.05, 0.1) is 12.7 Å². The van der Waals surface area contributed by atoms with Crippen LogP contribution in [0.1, 0.15) is 23.5 Å². The Morgan fingerprint density at radius 1 is 1.21 bits per heavy atom. The molecule has 1 aliphatic heterocycles. The minimum atomic E-state index is -0.989. The second-order valence-corrected chi connectivity index (χ2v) is 6.05. The van der Waals surface area contributed by atoms with Gasteiger partial charge in [0.1, 0.15) is 22.9 Å². The lowest BCUT2D eigenvalue weighted by molar-refractivity contribution is 0.0559. The number of aliphatic hydroxyl groups is 1. The molecule has 122 valence electrons. The molecule has 7 nitrogen and oxygen atoms in total. The summed E-state index contributed by atoms with van der Waals surface area (Å²) in [6.45, 7) is 1.16. The summed E-state index contributed by atoms with van der Waals surface area (Å²) in [5.41, 5.74) is 0.760. The molecule has 4 rings (SSSR count). The van der Waals surface area contributed by atoms with E-state index in [0.29, 0.717) is 31.6 Å². The summed E-state index contributed by atoms with van der Waals surface area (Å²) in [7, 11) is 0. The van der Waals surface area contributed by atoms with Gasteiger partial charge in [0, 0.05) is 25.6 Å². The van der Waals surface area contributed by atoms with Gasteiger partial charge in [-0.2, -0.15) is 15.4 Å². The van der Waals surface area contributed by atoms with Crippen LogP contribution in [-0.2, 0) is 12.0 Å². The maximum Gasteiger partial charge on any atom is 0.135 e. The Bertz CT molecular complexity index is 807. The SMILES string of the molecule is O[C@]1(c2cn[nH]n2)CCN(c2ccnc(Cc3ccccc3)n2)C1. The molecule has 1 atom stereocenters. The molecule has 1 fully saturated rings. The number of nitrogens with one attached hydrogen (secondary N) is 1. The van der Waals surface area contributed by atoms with Crippen molar-refractivity contribution >= 4 is 5.82 Å². The van der Waals surface area contributed by atoms with Crippen LogP contribution in [0.3, 0.4) is 0 Å². The van der Waals surface area contributed by atoms with Crippen molar-refractivity contribution in [1.29, 1.82) is 0 Å². The van der Waals surface area contributed by atoms with Crippen LogP contribution in [0, 0.1) is 0 Å². The van der Waals surface area contributed by atoms with Crippen LogP contribution < -0.4 is 4.90 Å². The topological polar surface area (TPSA) is 90.8 Å². The van der Waals surface area contributed by atoms with E-state index in [1.807, 2.05) is 24.3 Å². The molecule has 7 heteroatoms. The van der Waals surface area contributed by atoms with Gasteiger partial charge in [0.2, 0.25) is 0 Å². The van der Waals surface area contributed by atoms with Gasteiger partial charge in [-0.25, -0.2) is 9.97 Å². The molecule has 0 spiro atoms. The monoisotopic (exact) mass is 322 g/mol. The summed E-state index contributed by atoms with van der Waals surface area (Å²) in [5.74, 6) is 1.60. The quantitative estimate of drug-likeness (QED) is 0.752. The van der Waals surface area contributed by atoms with Gasteiger partial charge in [-0.1, -0.05) is 30.3 Å². The average Bonchev–Trinajstić information content (AvgIpc) is 3.27. The largest absolute Gasteiger partial charge is 0.381 e. The summed E-state index contributed by atoms with van der Waals surface area (Å²) in [6.07, 6.45) is 4.63. The van der Waals surface area contributed by atoms with E-state index in [1.54, 1.807) is 12.4 Å². The van der Waals surface area contributed by atoms with Crippen LogP contribution in [-0.4, -0.2) is 43.6 Å². The fraction of sp³-hybridized carbons (Fsp3) is 0.294. The zero-order valence-electron chi connectivity index (χ0n) is 13.1. The summed E-state index contributed by atoms with van der Waals surface area (Å²) < 4.78 is 0. The number of hydrogen-bond donors (Lipinski definition) is 2. The van der Waals surface area contributed by atoms with E-state index in [2.05, 4.69) is 42.4 Å². The standard InChI is InChI=1S/C17H18N6O/c24-17(14-11-19-22-21-14)7-9-23(12-17)16-6-8-18-15(20-16)10-13-4-2-1-3-5-13/h1-6,8,11,24H,7,9-10,12H2,(H,19,21,22)/t17-/m1/s1. The third-order valence-corrected chi connectivity index (χ3v) is 4.36. The molecule has 0 unspecified atom stereocenters. The van der Waals surface area contributed by atoms with Gasteiger partial charge in [-0.05, 0) is 11.6 Å². The first-order valence-electron chi connectivity index (χ1n) is 7.92. The van der Waals surface area contributed by atoms with E-state index in [9.17, 15) is 5.11 Å². The fourth-order valence-corrected chi connectivity index (χ4v) is 3.05. The normalized spacial score (nSPS) is 20.5. The maximum absolute atomic E-state index is 10.8. The number of rotatable bonds is 4. The van der Waals surface area contributed by atoms with Gasteiger partial charge >= 0.3 is 0 Å². The van der Waals surface area contributed by atoms with Crippen molar-refractivity contribution in [3.05, 3.63) is 65.9 Å². The van der Waals surface area contributed by atoms with Gasteiger partial charge in [0.15, 0.2) is 0 Å². The van der Waals surface area contributed by atoms with Crippen LogP contribution in [0.4, 0.5) is 5.82 Å². The number of anilines is 1. The predicted molar refractivity (Wildman–Crippen MR) is 88.4 cm³/mol. The molecule has 0 amide bonds. The molecule has 2 N–H and O–H groups in total. The minimum absolute atomic E-state index is 0.446. The van der Waals surface area contributed by atoms with E-state index >= 15 is 0 Å². The van der Waals surface area contributed by atoms with Gasteiger partial charge in [0.25, 0.3) is 0 Å². The molecule has 2 aromatic heterocycles. The van der Waals surface area contributed by atoms with E-state index in [-0.39, 0.29) is 0 Å². The molecule has 0 saturated carbocycles. The van der Waals surface area contributed by atoms with Crippen molar-refractivity contribution in [1.82, 2.24) is 25.4 Å². The molecule has 3 aromatic rings. The number of aromatic amines is 1. The average molecular weight is 322 g/mol. The number of hydrogen-bond acceptors (Lipinski definition) is 6. The summed E-state index contributed by atoms with van der Waals surface area (Å²) >= 11 is 0. The van der Waals surface area contributed by atoms with Crippen molar-refractivity contribution in [3.63, 3.8) is 0 Å². The maximum atomic E-state index is 10.8. The first-order valence-corrected chi connectivity index (χ1v) is 7.92. The van der Waals surface area contributed by atoms with E-state index in [1.165, 1.54) is 5.56 Å². The number of benzene rings is 1. The van der Waals surface area contributed by atoms with Crippen LogP contribution in [0.5, 0.6) is 0 Å². The fourth-order valence-electron chi connectivity index (χ4n) is 3.05. The van der Waals surface area contributed by atoms with Crippen molar-refractivity contribution < 1.29 is 5.11 Å². The van der Waals surface area contributed by atoms with E-state index in [0.717, 1.165) is 11.6 Å². The van der Waals surface area contributed by atoms with Gasteiger partial charge < -0.3 is 10.0 Å². The van der Waals surface area contributed by atoms with E-state index < -0.39 is 5.60 Å². The lowest BCUT2D eigenvalue weighted by Gasteiger charge is -2.21. The third kappa shape index (κ3) is 2.85.